The summed E-state index contributed by atoms with van der Waals surface area (Å²) in [6.45, 7) is 10.7. The first-order valence-electron chi connectivity index (χ1n) is 12.5. The van der Waals surface area contributed by atoms with Gasteiger partial charge in [0.25, 0.3) is 5.56 Å². The molecule has 182 valence electrons. The number of fused-ring (bicyclic) bond motifs is 5. The van der Waals surface area contributed by atoms with E-state index in [-0.39, 0.29) is 24.6 Å². The van der Waals surface area contributed by atoms with Crippen molar-refractivity contribution in [2.75, 3.05) is 0 Å². The Labute approximate surface area is 204 Å². The zero-order chi connectivity index (χ0) is 24.8. The van der Waals surface area contributed by atoms with Gasteiger partial charge >= 0.3 is 5.97 Å². The van der Waals surface area contributed by atoms with E-state index in [4.69, 9.17) is 9.72 Å². The molecule has 0 spiro atoms. The Balaban J connectivity index is 1.68. The standard InChI is InChI=1S/C28H31N3O4/c1-6-28(34)19-10-22-25-17(11-31(22)26(32)18(19)12-35-27(28)33)24-20(29-13(2)3)8-7-16-15(5)14(4)9-21(30-25)23(16)24/h9-10,13,20,29,34H,6-8,11-12H2,1-5H3/t20-,28-/m0/s1. The minimum Gasteiger partial charge on any atom is -0.458 e. The maximum Gasteiger partial charge on any atom is 0.343 e. The number of benzene rings is 1. The van der Waals surface area contributed by atoms with Gasteiger partial charge in [-0.3, -0.25) is 4.79 Å². The highest BCUT2D eigenvalue weighted by Gasteiger charge is 2.45. The number of aliphatic hydroxyl groups is 1. The second-order valence-corrected chi connectivity index (χ2v) is 10.6. The quantitative estimate of drug-likeness (QED) is 0.441. The second kappa shape index (κ2) is 7.48. The summed E-state index contributed by atoms with van der Waals surface area (Å²) in [6.07, 6.45) is 2.11. The summed E-state index contributed by atoms with van der Waals surface area (Å²) in [5.74, 6) is -0.700. The van der Waals surface area contributed by atoms with Crippen molar-refractivity contribution in [3.05, 3.63) is 61.4 Å². The molecule has 1 aromatic carbocycles. The summed E-state index contributed by atoms with van der Waals surface area (Å²) in [5, 5.41) is 16.1. The maximum absolute atomic E-state index is 13.6. The highest BCUT2D eigenvalue weighted by atomic mass is 16.6. The van der Waals surface area contributed by atoms with Crippen LogP contribution in [0.3, 0.4) is 0 Å². The first kappa shape index (κ1) is 22.4. The third kappa shape index (κ3) is 2.94. The molecule has 35 heavy (non-hydrogen) atoms. The zero-order valence-electron chi connectivity index (χ0n) is 20.9. The van der Waals surface area contributed by atoms with Crippen LogP contribution < -0.4 is 10.9 Å². The van der Waals surface area contributed by atoms with Crippen LogP contribution in [0.5, 0.6) is 0 Å². The van der Waals surface area contributed by atoms with E-state index < -0.39 is 11.6 Å². The number of nitrogens with one attached hydrogen (secondary N) is 1. The number of ether oxygens (including phenoxy) is 1. The molecule has 2 atom stereocenters. The van der Waals surface area contributed by atoms with Gasteiger partial charge in [-0.15, -0.1) is 0 Å². The number of hydrogen-bond acceptors (Lipinski definition) is 6. The fraction of sp³-hybridized carbons (Fsp3) is 0.464. The van der Waals surface area contributed by atoms with Crippen molar-refractivity contribution < 1.29 is 14.6 Å². The third-order valence-electron chi connectivity index (χ3n) is 8.24. The van der Waals surface area contributed by atoms with Gasteiger partial charge in [0.05, 0.1) is 29.0 Å². The van der Waals surface area contributed by atoms with Crippen LogP contribution in [-0.2, 0) is 34.7 Å². The molecule has 0 amide bonds. The Morgan fingerprint density at radius 3 is 2.71 bits per heavy atom. The van der Waals surface area contributed by atoms with E-state index >= 15 is 0 Å². The molecule has 3 aromatic rings. The van der Waals surface area contributed by atoms with Crippen LogP contribution in [-0.4, -0.2) is 26.7 Å². The fourth-order valence-electron chi connectivity index (χ4n) is 6.30. The van der Waals surface area contributed by atoms with Gasteiger partial charge in [0.15, 0.2) is 5.60 Å². The predicted molar refractivity (Wildman–Crippen MR) is 133 cm³/mol. The molecule has 0 unspecified atom stereocenters. The van der Waals surface area contributed by atoms with Gasteiger partial charge in [-0.25, -0.2) is 9.78 Å². The number of carbonyl (C=O) groups excluding carboxylic acids is 1. The number of aromatic nitrogens is 2. The van der Waals surface area contributed by atoms with Crippen LogP contribution in [0.15, 0.2) is 16.9 Å². The topological polar surface area (TPSA) is 93.5 Å². The molecule has 0 bridgehead atoms. The van der Waals surface area contributed by atoms with Crippen LogP contribution >= 0.6 is 0 Å². The van der Waals surface area contributed by atoms with Crippen LogP contribution in [0.25, 0.3) is 22.3 Å². The Bertz CT molecular complexity index is 1500. The summed E-state index contributed by atoms with van der Waals surface area (Å²) in [5.41, 5.74) is 7.23. The van der Waals surface area contributed by atoms with Gasteiger partial charge in [0.2, 0.25) is 0 Å². The molecule has 0 radical (unpaired) electrons. The molecular formula is C28H31N3O4. The zero-order valence-corrected chi connectivity index (χ0v) is 20.9. The number of nitrogens with zero attached hydrogens (tertiary/aromatic N) is 2. The van der Waals surface area contributed by atoms with Crippen molar-refractivity contribution in [3.63, 3.8) is 0 Å². The minimum atomic E-state index is -1.82. The highest BCUT2D eigenvalue weighted by Crippen LogP contribution is 2.46. The Morgan fingerprint density at radius 1 is 1.23 bits per heavy atom. The van der Waals surface area contributed by atoms with Crippen LogP contribution in [0.1, 0.15) is 78.6 Å². The molecular weight excluding hydrogens is 442 g/mol. The molecule has 0 saturated carbocycles. The molecule has 4 heterocycles. The average Bonchev–Trinajstić information content (AvgIpc) is 3.19. The van der Waals surface area contributed by atoms with E-state index in [0.717, 1.165) is 29.6 Å². The van der Waals surface area contributed by atoms with Gasteiger partial charge in [0, 0.05) is 28.6 Å². The molecule has 6 rings (SSSR count). The van der Waals surface area contributed by atoms with E-state index in [1.165, 1.54) is 27.6 Å². The molecule has 3 aliphatic rings. The number of carbonyl (C=O) groups is 1. The largest absolute Gasteiger partial charge is 0.458 e. The van der Waals surface area contributed by atoms with Crippen molar-refractivity contribution in [2.24, 2.45) is 0 Å². The number of rotatable bonds is 3. The smallest absolute Gasteiger partial charge is 0.343 e. The predicted octanol–water partition coefficient (Wildman–Crippen LogP) is 3.68. The molecule has 2 aliphatic heterocycles. The molecule has 7 nitrogen and oxygen atoms in total. The lowest BCUT2D eigenvalue weighted by Gasteiger charge is -2.31. The van der Waals surface area contributed by atoms with Crippen molar-refractivity contribution in [1.82, 2.24) is 14.9 Å². The van der Waals surface area contributed by atoms with Crippen LogP contribution in [0, 0.1) is 13.8 Å². The average molecular weight is 474 g/mol. The maximum atomic E-state index is 13.6. The van der Waals surface area contributed by atoms with Crippen LogP contribution in [0.4, 0.5) is 0 Å². The molecule has 0 saturated heterocycles. The SMILES string of the molecule is CC[C@@]1(O)C(=O)OCc2c1cc1n(c2=O)Cc2c-1nc1cc(C)c(C)c3c1c2[C@@H](NC(C)C)CC3. The Hall–Kier alpha value is -3.03. The minimum absolute atomic E-state index is 0.117. The molecule has 1 aliphatic carbocycles. The van der Waals surface area contributed by atoms with E-state index in [9.17, 15) is 14.7 Å². The van der Waals surface area contributed by atoms with Crippen molar-refractivity contribution in [2.45, 2.75) is 84.7 Å². The van der Waals surface area contributed by atoms with Crippen molar-refractivity contribution in [3.8, 4) is 11.4 Å². The summed E-state index contributed by atoms with van der Waals surface area (Å²) >= 11 is 0. The summed E-state index contributed by atoms with van der Waals surface area (Å²) in [7, 11) is 0. The van der Waals surface area contributed by atoms with Crippen molar-refractivity contribution in [1.29, 1.82) is 0 Å². The number of pyridine rings is 2. The first-order valence-corrected chi connectivity index (χ1v) is 12.5. The molecule has 0 fully saturated rings. The summed E-state index contributed by atoms with van der Waals surface area (Å²) < 4.78 is 6.96. The van der Waals surface area contributed by atoms with E-state index in [1.807, 2.05) is 0 Å². The van der Waals surface area contributed by atoms with Gasteiger partial charge in [-0.05, 0) is 67.5 Å². The molecule has 7 heteroatoms. The summed E-state index contributed by atoms with van der Waals surface area (Å²) in [6, 6.07) is 4.43. The number of hydrogen-bond donors (Lipinski definition) is 2. The lowest BCUT2D eigenvalue weighted by molar-refractivity contribution is -0.172. The van der Waals surface area contributed by atoms with E-state index in [2.05, 4.69) is 39.1 Å². The van der Waals surface area contributed by atoms with Crippen molar-refractivity contribution >= 4 is 16.9 Å². The fourth-order valence-corrected chi connectivity index (χ4v) is 6.30. The van der Waals surface area contributed by atoms with Gasteiger partial charge in [-0.2, -0.15) is 0 Å². The second-order valence-electron chi connectivity index (χ2n) is 10.6. The Kier molecular flexibility index (Phi) is 4.80. The lowest BCUT2D eigenvalue weighted by Crippen LogP contribution is -2.44. The number of aryl methyl sites for hydroxylation is 2. The van der Waals surface area contributed by atoms with Gasteiger partial charge < -0.3 is 19.7 Å². The normalized spacial score (nSPS) is 22.3. The molecule has 2 aromatic heterocycles. The first-order chi connectivity index (χ1) is 16.7. The monoisotopic (exact) mass is 473 g/mol. The van der Waals surface area contributed by atoms with E-state index in [1.54, 1.807) is 17.6 Å². The summed E-state index contributed by atoms with van der Waals surface area (Å²) in [4.78, 5) is 31.3. The number of esters is 1. The van der Waals surface area contributed by atoms with Crippen LogP contribution in [0.2, 0.25) is 0 Å². The van der Waals surface area contributed by atoms with Gasteiger partial charge in [0.1, 0.15) is 6.61 Å². The van der Waals surface area contributed by atoms with Gasteiger partial charge in [-0.1, -0.05) is 20.8 Å². The molecule has 2 N–H and O–H groups in total. The Morgan fingerprint density at radius 2 is 2.00 bits per heavy atom. The number of cyclic esters (lactones) is 1. The highest BCUT2D eigenvalue weighted by molar-refractivity contribution is 5.93. The van der Waals surface area contributed by atoms with E-state index in [0.29, 0.717) is 29.4 Å². The third-order valence-corrected chi connectivity index (χ3v) is 8.24. The lowest BCUT2D eigenvalue weighted by atomic mass is 9.80.